The smallest absolute Gasteiger partial charge is 0.130 e. The van der Waals surface area contributed by atoms with Crippen LogP contribution < -0.4 is 5.32 Å². The monoisotopic (exact) mass is 225 g/mol. The molecule has 1 fully saturated rings. The first-order valence-electron chi connectivity index (χ1n) is 5.71. The fourth-order valence-electron chi connectivity index (χ4n) is 1.84. The summed E-state index contributed by atoms with van der Waals surface area (Å²) in [6.07, 6.45) is 1.22. The van der Waals surface area contributed by atoms with Crippen molar-refractivity contribution in [2.45, 2.75) is 32.6 Å². The topological polar surface area (TPSA) is 43.6 Å². The Morgan fingerprint density at radius 2 is 2.44 bits per heavy atom. The van der Waals surface area contributed by atoms with Crippen molar-refractivity contribution in [1.82, 2.24) is 5.32 Å². The summed E-state index contributed by atoms with van der Waals surface area (Å²) >= 11 is 0. The van der Waals surface area contributed by atoms with Crippen LogP contribution in [0.25, 0.3) is 0 Å². The lowest BCUT2D eigenvalue weighted by Crippen LogP contribution is -2.11. The molecule has 0 aromatic carbocycles. The molecule has 1 aliphatic rings. The Kier molecular flexibility index (Phi) is 3.98. The molecule has 4 heteroatoms. The quantitative estimate of drug-likeness (QED) is 0.827. The standard InChI is InChI=1S/C12H19NO3/c1-9-5-11(16-12(9)6-13-2)8-15-10-3-4-14-7-10/h5,10,13H,3-4,6-8H2,1-2H3. The van der Waals surface area contributed by atoms with E-state index in [-0.39, 0.29) is 6.10 Å². The van der Waals surface area contributed by atoms with Crippen LogP contribution in [0.1, 0.15) is 23.5 Å². The van der Waals surface area contributed by atoms with Crippen LogP contribution in [0.5, 0.6) is 0 Å². The van der Waals surface area contributed by atoms with Crippen LogP contribution in [0, 0.1) is 6.92 Å². The van der Waals surface area contributed by atoms with Crippen LogP contribution >= 0.6 is 0 Å². The minimum Gasteiger partial charge on any atom is -0.462 e. The van der Waals surface area contributed by atoms with Gasteiger partial charge in [-0.2, -0.15) is 0 Å². The molecule has 0 spiro atoms. The number of hydrogen-bond donors (Lipinski definition) is 1. The molecule has 1 saturated heterocycles. The highest BCUT2D eigenvalue weighted by Gasteiger charge is 2.17. The Labute approximate surface area is 95.9 Å². The molecule has 2 rings (SSSR count). The zero-order valence-electron chi connectivity index (χ0n) is 9.91. The summed E-state index contributed by atoms with van der Waals surface area (Å²) in [5, 5.41) is 3.08. The van der Waals surface area contributed by atoms with Gasteiger partial charge < -0.3 is 19.2 Å². The molecular weight excluding hydrogens is 206 g/mol. The highest BCUT2D eigenvalue weighted by atomic mass is 16.5. The fourth-order valence-corrected chi connectivity index (χ4v) is 1.84. The summed E-state index contributed by atoms with van der Waals surface area (Å²) in [6, 6.07) is 2.04. The van der Waals surface area contributed by atoms with Crippen molar-refractivity contribution in [2.24, 2.45) is 0 Å². The van der Waals surface area contributed by atoms with E-state index in [1.54, 1.807) is 0 Å². The van der Waals surface area contributed by atoms with Gasteiger partial charge in [0.15, 0.2) is 0 Å². The lowest BCUT2D eigenvalue weighted by Gasteiger charge is -2.07. The second kappa shape index (κ2) is 5.48. The highest BCUT2D eigenvalue weighted by molar-refractivity contribution is 5.19. The molecule has 0 bridgehead atoms. The number of aryl methyl sites for hydroxylation is 1. The summed E-state index contributed by atoms with van der Waals surface area (Å²) in [7, 11) is 1.91. The maximum absolute atomic E-state index is 5.70. The van der Waals surface area contributed by atoms with E-state index in [1.807, 2.05) is 13.1 Å². The van der Waals surface area contributed by atoms with Crippen molar-refractivity contribution >= 4 is 0 Å². The van der Waals surface area contributed by atoms with Gasteiger partial charge in [0.1, 0.15) is 18.1 Å². The lowest BCUT2D eigenvalue weighted by atomic mass is 10.2. The number of furan rings is 1. The second-order valence-electron chi connectivity index (χ2n) is 4.15. The van der Waals surface area contributed by atoms with Gasteiger partial charge in [-0.05, 0) is 32.0 Å². The Bertz CT molecular complexity index is 329. The van der Waals surface area contributed by atoms with Crippen molar-refractivity contribution in [3.8, 4) is 0 Å². The molecule has 1 atom stereocenters. The maximum atomic E-state index is 5.70. The first-order valence-corrected chi connectivity index (χ1v) is 5.71. The molecule has 0 radical (unpaired) electrons. The molecule has 1 aromatic rings. The van der Waals surface area contributed by atoms with Gasteiger partial charge in [0.05, 0.1) is 19.3 Å². The van der Waals surface area contributed by atoms with Gasteiger partial charge in [0, 0.05) is 6.61 Å². The van der Waals surface area contributed by atoms with E-state index in [9.17, 15) is 0 Å². The maximum Gasteiger partial charge on any atom is 0.130 e. The molecule has 1 N–H and O–H groups in total. The fraction of sp³-hybridized carbons (Fsp3) is 0.667. The van der Waals surface area contributed by atoms with Crippen molar-refractivity contribution in [3.63, 3.8) is 0 Å². The van der Waals surface area contributed by atoms with E-state index in [2.05, 4.69) is 12.2 Å². The van der Waals surface area contributed by atoms with Gasteiger partial charge in [-0.3, -0.25) is 0 Å². The second-order valence-corrected chi connectivity index (χ2v) is 4.15. The summed E-state index contributed by atoms with van der Waals surface area (Å²) < 4.78 is 16.6. The van der Waals surface area contributed by atoms with Gasteiger partial charge in [0.25, 0.3) is 0 Å². The van der Waals surface area contributed by atoms with Gasteiger partial charge in [-0.1, -0.05) is 0 Å². The Balaban J connectivity index is 1.86. The van der Waals surface area contributed by atoms with Gasteiger partial charge in [0.2, 0.25) is 0 Å². The van der Waals surface area contributed by atoms with Gasteiger partial charge >= 0.3 is 0 Å². The molecule has 1 aromatic heterocycles. The van der Waals surface area contributed by atoms with E-state index in [0.29, 0.717) is 13.2 Å². The average molecular weight is 225 g/mol. The van der Waals surface area contributed by atoms with E-state index >= 15 is 0 Å². The van der Waals surface area contributed by atoms with Crippen LogP contribution in [0.2, 0.25) is 0 Å². The minimum absolute atomic E-state index is 0.234. The van der Waals surface area contributed by atoms with E-state index < -0.39 is 0 Å². The molecule has 4 nitrogen and oxygen atoms in total. The molecule has 0 amide bonds. The SMILES string of the molecule is CNCc1oc(COC2CCOC2)cc1C. The Hall–Kier alpha value is -0.840. The molecule has 1 unspecified atom stereocenters. The Morgan fingerprint density at radius 1 is 1.56 bits per heavy atom. The predicted octanol–water partition coefficient (Wildman–Crippen LogP) is 1.61. The molecule has 0 saturated carbocycles. The average Bonchev–Trinajstić information content (AvgIpc) is 2.87. The molecule has 16 heavy (non-hydrogen) atoms. The summed E-state index contributed by atoms with van der Waals surface area (Å²) in [6.45, 7) is 4.88. The van der Waals surface area contributed by atoms with Gasteiger partial charge in [-0.25, -0.2) is 0 Å². The summed E-state index contributed by atoms with van der Waals surface area (Å²) in [5.74, 6) is 1.89. The van der Waals surface area contributed by atoms with Crippen LogP contribution in [0.3, 0.4) is 0 Å². The van der Waals surface area contributed by atoms with Crippen molar-refractivity contribution in [1.29, 1.82) is 0 Å². The summed E-state index contributed by atoms with van der Waals surface area (Å²) in [5.41, 5.74) is 1.18. The predicted molar refractivity (Wildman–Crippen MR) is 60.2 cm³/mol. The minimum atomic E-state index is 0.234. The summed E-state index contributed by atoms with van der Waals surface area (Å²) in [4.78, 5) is 0. The van der Waals surface area contributed by atoms with E-state index in [1.165, 1.54) is 5.56 Å². The van der Waals surface area contributed by atoms with Crippen LogP contribution in [-0.2, 0) is 22.6 Å². The molecule has 2 heterocycles. The third-order valence-corrected chi connectivity index (χ3v) is 2.76. The highest BCUT2D eigenvalue weighted by Crippen LogP contribution is 2.17. The molecule has 90 valence electrons. The molecular formula is C12H19NO3. The zero-order valence-corrected chi connectivity index (χ0v) is 9.91. The number of nitrogens with one attached hydrogen (secondary N) is 1. The molecule has 1 aliphatic heterocycles. The van der Waals surface area contributed by atoms with Crippen LogP contribution in [-0.4, -0.2) is 26.4 Å². The van der Waals surface area contributed by atoms with Crippen molar-refractivity contribution < 1.29 is 13.9 Å². The lowest BCUT2D eigenvalue weighted by molar-refractivity contribution is 0.0230. The largest absolute Gasteiger partial charge is 0.462 e. The van der Waals surface area contributed by atoms with Gasteiger partial charge in [-0.15, -0.1) is 0 Å². The van der Waals surface area contributed by atoms with Crippen LogP contribution in [0.4, 0.5) is 0 Å². The zero-order chi connectivity index (χ0) is 11.4. The first kappa shape index (κ1) is 11.6. The van der Waals surface area contributed by atoms with E-state index in [4.69, 9.17) is 13.9 Å². The number of hydrogen-bond acceptors (Lipinski definition) is 4. The van der Waals surface area contributed by atoms with Crippen LogP contribution in [0.15, 0.2) is 10.5 Å². The number of rotatable bonds is 5. The van der Waals surface area contributed by atoms with Crippen molar-refractivity contribution in [2.75, 3.05) is 20.3 Å². The Morgan fingerprint density at radius 3 is 3.12 bits per heavy atom. The third-order valence-electron chi connectivity index (χ3n) is 2.76. The third kappa shape index (κ3) is 2.84. The number of ether oxygens (including phenoxy) is 2. The normalized spacial score (nSPS) is 20.5. The van der Waals surface area contributed by atoms with Crippen molar-refractivity contribution in [3.05, 3.63) is 23.2 Å². The first-order chi connectivity index (χ1) is 7.79. The molecule has 0 aliphatic carbocycles. The van der Waals surface area contributed by atoms with E-state index in [0.717, 1.165) is 31.1 Å².